The lowest BCUT2D eigenvalue weighted by Gasteiger charge is -2.20. The van der Waals surface area contributed by atoms with E-state index >= 15 is 0 Å². The van der Waals surface area contributed by atoms with Crippen molar-refractivity contribution in [3.8, 4) is 11.4 Å². The number of phenolic OH excluding ortho intramolecular Hbond substituents is 1. The summed E-state index contributed by atoms with van der Waals surface area (Å²) in [6, 6.07) is 20.4. The van der Waals surface area contributed by atoms with Crippen LogP contribution in [0.3, 0.4) is 0 Å². The molecule has 0 bridgehead atoms. The zero-order chi connectivity index (χ0) is 29.9. The second kappa shape index (κ2) is 12.5. The molecule has 3 aromatic heterocycles. The fraction of sp³-hybridized carbons (Fsp3) is 0.290. The third-order valence-electron chi connectivity index (χ3n) is 6.78. The number of carbonyl (C=O) groups excluding carboxylic acids is 1. The number of anilines is 1. The van der Waals surface area contributed by atoms with Crippen molar-refractivity contribution in [2.24, 2.45) is 0 Å². The Hall–Kier alpha value is -3.96. The first kappa shape index (κ1) is 29.5. The van der Waals surface area contributed by atoms with Crippen molar-refractivity contribution >= 4 is 41.0 Å². The summed E-state index contributed by atoms with van der Waals surface area (Å²) in [5.41, 5.74) is 3.11. The fourth-order valence-electron chi connectivity index (χ4n) is 4.61. The molecule has 9 nitrogen and oxygen atoms in total. The van der Waals surface area contributed by atoms with Crippen molar-refractivity contribution in [3.63, 3.8) is 0 Å². The number of thioether (sulfide) groups is 1. The van der Waals surface area contributed by atoms with Crippen LogP contribution < -0.4 is 10.6 Å². The number of hydrogen-bond donors (Lipinski definition) is 3. The smallest absolute Gasteiger partial charge is 0.320 e. The molecular weight excluding hydrogens is 567 g/mol. The Morgan fingerprint density at radius 3 is 2.62 bits per heavy atom. The van der Waals surface area contributed by atoms with Crippen LogP contribution in [0.25, 0.3) is 11.3 Å². The van der Waals surface area contributed by atoms with E-state index in [0.717, 1.165) is 38.3 Å². The molecule has 11 heteroatoms. The van der Waals surface area contributed by atoms with Gasteiger partial charge >= 0.3 is 6.03 Å². The molecule has 0 unspecified atom stereocenters. The Labute approximate surface area is 254 Å². The van der Waals surface area contributed by atoms with E-state index < -0.39 is 0 Å². The van der Waals surface area contributed by atoms with Gasteiger partial charge in [0.05, 0.1) is 11.4 Å². The van der Waals surface area contributed by atoms with Gasteiger partial charge in [0.15, 0.2) is 5.65 Å². The van der Waals surface area contributed by atoms with Crippen molar-refractivity contribution in [1.82, 2.24) is 29.7 Å². The molecule has 0 aliphatic rings. The fourth-order valence-corrected chi connectivity index (χ4v) is 6.45. The summed E-state index contributed by atoms with van der Waals surface area (Å²) in [6.07, 6.45) is 4.12. The van der Waals surface area contributed by atoms with E-state index in [1.807, 2.05) is 46.9 Å². The Kier molecular flexibility index (Phi) is 8.79. The Bertz CT molecular complexity index is 1710. The van der Waals surface area contributed by atoms with E-state index in [2.05, 4.69) is 67.0 Å². The minimum absolute atomic E-state index is 0.126. The van der Waals surface area contributed by atoms with Crippen LogP contribution in [-0.2, 0) is 12.0 Å². The number of aromatic nitrogens is 5. The summed E-state index contributed by atoms with van der Waals surface area (Å²) in [5, 5.41) is 29.5. The zero-order valence-electron chi connectivity index (χ0n) is 24.3. The molecule has 3 N–H and O–H groups in total. The molecule has 3 heterocycles. The second-order valence-corrected chi connectivity index (χ2v) is 13.0. The maximum Gasteiger partial charge on any atom is 0.320 e. The highest BCUT2D eigenvalue weighted by Gasteiger charge is 2.26. The van der Waals surface area contributed by atoms with Crippen molar-refractivity contribution < 1.29 is 9.90 Å². The Morgan fingerprint density at radius 1 is 1.05 bits per heavy atom. The van der Waals surface area contributed by atoms with E-state index in [4.69, 9.17) is 5.10 Å². The van der Waals surface area contributed by atoms with E-state index in [0.29, 0.717) is 18.1 Å². The quantitative estimate of drug-likeness (QED) is 0.160. The summed E-state index contributed by atoms with van der Waals surface area (Å²) >= 11 is 3.37. The predicted octanol–water partition coefficient (Wildman–Crippen LogP) is 6.86. The number of benzene rings is 2. The number of amides is 2. The number of nitrogens with zero attached hydrogens (tertiary/aromatic N) is 5. The molecule has 42 heavy (non-hydrogen) atoms. The largest absolute Gasteiger partial charge is 0.508 e. The molecule has 0 aliphatic carbocycles. The predicted molar refractivity (Wildman–Crippen MR) is 170 cm³/mol. The number of rotatable bonds is 10. The van der Waals surface area contributed by atoms with Crippen molar-refractivity contribution in [2.75, 3.05) is 17.3 Å². The average Bonchev–Trinajstić information content (AvgIpc) is 3.57. The van der Waals surface area contributed by atoms with Crippen LogP contribution in [0.4, 0.5) is 10.6 Å². The zero-order valence-corrected chi connectivity index (χ0v) is 26.0. The van der Waals surface area contributed by atoms with Crippen molar-refractivity contribution in [1.29, 1.82) is 0 Å². The summed E-state index contributed by atoms with van der Waals surface area (Å²) in [4.78, 5) is 15.3. The van der Waals surface area contributed by atoms with Crippen molar-refractivity contribution in [3.05, 3.63) is 90.0 Å². The number of hydrogen-bond acceptors (Lipinski definition) is 7. The summed E-state index contributed by atoms with van der Waals surface area (Å²) < 4.78 is 3.69. The molecule has 5 rings (SSSR count). The monoisotopic (exact) mass is 601 g/mol. The van der Waals surface area contributed by atoms with Crippen LogP contribution in [0.5, 0.6) is 5.75 Å². The van der Waals surface area contributed by atoms with Gasteiger partial charge in [-0.15, -0.1) is 10.2 Å². The van der Waals surface area contributed by atoms with E-state index in [9.17, 15) is 9.90 Å². The molecule has 2 amide bonds. The van der Waals surface area contributed by atoms with E-state index in [1.54, 1.807) is 46.4 Å². The van der Waals surface area contributed by atoms with Crippen LogP contribution in [0.15, 0.2) is 82.7 Å². The molecule has 218 valence electrons. The Balaban J connectivity index is 1.33. The second-order valence-electron chi connectivity index (χ2n) is 11.0. The summed E-state index contributed by atoms with van der Waals surface area (Å²) in [5.74, 6) is 2.69. The topological polar surface area (TPSA) is 109 Å². The molecule has 0 saturated heterocycles. The van der Waals surface area contributed by atoms with Gasteiger partial charge in [-0.3, -0.25) is 9.72 Å². The number of phenols is 1. The maximum atomic E-state index is 13.2. The minimum Gasteiger partial charge on any atom is -0.508 e. The summed E-state index contributed by atoms with van der Waals surface area (Å²) in [6.45, 7) is 8.80. The number of aromatic hydroxyl groups is 1. The van der Waals surface area contributed by atoms with Gasteiger partial charge in [0.1, 0.15) is 17.4 Å². The number of nitrogens with one attached hydrogen (secondary N) is 2. The highest BCUT2D eigenvalue weighted by atomic mass is 32.2. The molecule has 0 aliphatic heterocycles. The lowest BCUT2D eigenvalue weighted by Crippen LogP contribution is -2.29. The number of carbonyl (C=O) groups is 1. The minimum atomic E-state index is -0.349. The SMILES string of the molecule is CSCC(C)(C)c1cc(NC(=O)NCc2ccccc2Sc2ccc3nnc(C(C)C)n3c2)n(-c2cccc(O)c2)n1. The van der Waals surface area contributed by atoms with Gasteiger partial charge in [-0.2, -0.15) is 16.9 Å². The number of fused-ring (bicyclic) bond motifs is 1. The maximum absolute atomic E-state index is 13.2. The standard InChI is InChI=1S/C31H35N7O2S2/c1-20(2)29-35-34-27-14-13-24(18-37(27)29)42-25-12-7-6-9-21(25)17-32-30(40)33-28-16-26(31(3,4)19-41-5)36-38(28)22-10-8-11-23(39)15-22/h6-16,18,20,39H,17,19H2,1-5H3,(H2,32,33,40). The molecule has 5 aromatic rings. The normalized spacial score (nSPS) is 11.8. The van der Waals surface area contributed by atoms with Crippen molar-refractivity contribution in [2.45, 2.75) is 55.4 Å². The Morgan fingerprint density at radius 2 is 1.86 bits per heavy atom. The number of urea groups is 1. The molecule has 0 atom stereocenters. The third-order valence-corrected chi connectivity index (χ3v) is 8.89. The lowest BCUT2D eigenvalue weighted by atomic mass is 9.92. The molecule has 0 spiro atoms. The van der Waals surface area contributed by atoms with Gasteiger partial charge in [-0.05, 0) is 42.2 Å². The average molecular weight is 602 g/mol. The molecule has 0 saturated carbocycles. The van der Waals surface area contributed by atoms with Gasteiger partial charge in [0.25, 0.3) is 0 Å². The van der Waals surface area contributed by atoms with Crippen LogP contribution in [0, 0.1) is 0 Å². The van der Waals surface area contributed by atoms with Crippen LogP contribution in [0.2, 0.25) is 0 Å². The molecule has 2 aromatic carbocycles. The molecular formula is C31H35N7O2S2. The molecule has 0 fully saturated rings. The van der Waals surface area contributed by atoms with Gasteiger partial charge in [0.2, 0.25) is 0 Å². The first-order valence-corrected chi connectivity index (χ1v) is 15.9. The van der Waals surface area contributed by atoms with E-state index in [1.165, 1.54) is 0 Å². The van der Waals surface area contributed by atoms with E-state index in [-0.39, 0.29) is 23.1 Å². The highest BCUT2D eigenvalue weighted by molar-refractivity contribution is 7.99. The van der Waals surface area contributed by atoms with Gasteiger partial charge in [0, 0.05) is 51.8 Å². The number of pyridine rings is 1. The lowest BCUT2D eigenvalue weighted by molar-refractivity contribution is 0.251. The third kappa shape index (κ3) is 6.57. The van der Waals surface area contributed by atoms with Gasteiger partial charge in [-0.1, -0.05) is 63.7 Å². The van der Waals surface area contributed by atoms with Crippen LogP contribution in [0.1, 0.15) is 50.7 Å². The first-order valence-electron chi connectivity index (χ1n) is 13.7. The van der Waals surface area contributed by atoms with Gasteiger partial charge < -0.3 is 10.4 Å². The highest BCUT2D eigenvalue weighted by Crippen LogP contribution is 2.32. The summed E-state index contributed by atoms with van der Waals surface area (Å²) in [7, 11) is 0. The van der Waals surface area contributed by atoms with Crippen LogP contribution in [-0.4, -0.2) is 47.5 Å². The van der Waals surface area contributed by atoms with Crippen LogP contribution >= 0.6 is 23.5 Å². The van der Waals surface area contributed by atoms with Gasteiger partial charge in [-0.25, -0.2) is 9.48 Å². The molecule has 0 radical (unpaired) electrons. The first-order chi connectivity index (χ1) is 20.1.